The van der Waals surface area contributed by atoms with E-state index in [2.05, 4.69) is 32.8 Å². The number of rotatable bonds is 4. The van der Waals surface area contributed by atoms with Crippen molar-refractivity contribution in [3.05, 3.63) is 18.5 Å². The minimum absolute atomic E-state index is 0.161. The minimum atomic E-state index is -0.272. The molecule has 1 unspecified atom stereocenters. The van der Waals surface area contributed by atoms with E-state index >= 15 is 0 Å². The van der Waals surface area contributed by atoms with Crippen molar-refractivity contribution in [2.24, 2.45) is 0 Å². The van der Waals surface area contributed by atoms with Gasteiger partial charge in [-0.3, -0.25) is 0 Å². The molecule has 1 aromatic rings. The van der Waals surface area contributed by atoms with Crippen LogP contribution in [0.1, 0.15) is 19.3 Å². The second-order valence-corrected chi connectivity index (χ2v) is 5.06. The second kappa shape index (κ2) is 6.92. The molecule has 0 bridgehead atoms. The van der Waals surface area contributed by atoms with Gasteiger partial charge >= 0.3 is 6.03 Å². The van der Waals surface area contributed by atoms with Gasteiger partial charge in [-0.15, -0.1) is 0 Å². The Morgan fingerprint density at radius 2 is 2.19 bits per heavy atom. The number of nitrogens with one attached hydrogen (secondary N) is 2. The summed E-state index contributed by atoms with van der Waals surface area (Å²) < 4.78 is 5.20. The van der Waals surface area contributed by atoms with Crippen LogP contribution in [0.3, 0.4) is 0 Å². The van der Waals surface area contributed by atoms with Gasteiger partial charge in [0.1, 0.15) is 12.0 Å². The Kier molecular flexibility index (Phi) is 4.97. The summed E-state index contributed by atoms with van der Waals surface area (Å²) in [5.74, 6) is 0.938. The molecule has 1 aliphatic carbocycles. The van der Waals surface area contributed by atoms with Crippen LogP contribution >= 0.6 is 0 Å². The van der Waals surface area contributed by atoms with Gasteiger partial charge in [0.2, 0.25) is 5.88 Å². The highest BCUT2D eigenvalue weighted by Crippen LogP contribution is 2.29. The lowest BCUT2D eigenvalue weighted by molar-refractivity contribution is 0.247. The Labute approximate surface area is 124 Å². The number of hydrogen-bond donors (Lipinski definition) is 2. The number of methoxy groups -OCH3 is 1. The molecular weight excluding hydrogens is 270 g/mol. The molecule has 1 atom stereocenters. The molecule has 0 saturated carbocycles. The molecule has 2 N–H and O–H groups in total. The van der Waals surface area contributed by atoms with Crippen molar-refractivity contribution >= 4 is 17.5 Å². The molecule has 0 fully saturated rings. The first kappa shape index (κ1) is 15.1. The Hall–Kier alpha value is -2.31. The molecule has 0 spiro atoms. The highest BCUT2D eigenvalue weighted by molar-refractivity contribution is 5.94. The Morgan fingerprint density at radius 1 is 1.38 bits per heavy atom. The first-order chi connectivity index (χ1) is 10.1. The van der Waals surface area contributed by atoms with Crippen molar-refractivity contribution in [3.63, 3.8) is 0 Å². The molecule has 7 heteroatoms. The fourth-order valence-corrected chi connectivity index (χ4v) is 2.22. The summed E-state index contributed by atoms with van der Waals surface area (Å²) in [5, 5.41) is 5.75. The molecule has 1 aromatic heterocycles. The molecule has 1 heterocycles. The maximum atomic E-state index is 12.1. The maximum absolute atomic E-state index is 12.1. The fourth-order valence-electron chi connectivity index (χ4n) is 2.22. The number of amides is 2. The molecule has 0 radical (unpaired) electrons. The Morgan fingerprint density at radius 3 is 2.81 bits per heavy atom. The van der Waals surface area contributed by atoms with Crippen molar-refractivity contribution < 1.29 is 9.53 Å². The molecule has 114 valence electrons. The van der Waals surface area contributed by atoms with E-state index in [1.54, 1.807) is 4.90 Å². The molecule has 1 aliphatic rings. The lowest BCUT2D eigenvalue weighted by Gasteiger charge is -2.21. The van der Waals surface area contributed by atoms with Gasteiger partial charge in [0.15, 0.2) is 5.82 Å². The van der Waals surface area contributed by atoms with E-state index in [1.165, 1.54) is 13.4 Å². The van der Waals surface area contributed by atoms with E-state index in [9.17, 15) is 4.79 Å². The number of nitrogens with zero attached hydrogens (tertiary/aromatic N) is 3. The van der Waals surface area contributed by atoms with Crippen LogP contribution in [0, 0.1) is 0 Å². The largest absolute Gasteiger partial charge is 0.479 e. The van der Waals surface area contributed by atoms with E-state index in [0.29, 0.717) is 17.4 Å². The summed E-state index contributed by atoms with van der Waals surface area (Å²) in [5.41, 5.74) is 0.467. The van der Waals surface area contributed by atoms with Gasteiger partial charge in [0.05, 0.1) is 7.11 Å². The predicted octanol–water partition coefficient (Wildman–Crippen LogP) is 1.78. The van der Waals surface area contributed by atoms with Crippen LogP contribution in [0.4, 0.5) is 16.3 Å². The van der Waals surface area contributed by atoms with Crippen LogP contribution in [0.5, 0.6) is 5.88 Å². The zero-order valence-electron chi connectivity index (χ0n) is 12.6. The molecule has 0 saturated heterocycles. The number of urea groups is 1. The van der Waals surface area contributed by atoms with Crippen LogP contribution in [0.15, 0.2) is 18.5 Å². The maximum Gasteiger partial charge on any atom is 0.319 e. The molecule has 2 rings (SSSR count). The van der Waals surface area contributed by atoms with Crippen molar-refractivity contribution in [1.29, 1.82) is 0 Å². The van der Waals surface area contributed by atoms with Gasteiger partial charge in [-0.05, 0) is 19.3 Å². The van der Waals surface area contributed by atoms with Crippen LogP contribution in [0.2, 0.25) is 0 Å². The van der Waals surface area contributed by atoms with Crippen molar-refractivity contribution in [3.8, 4) is 5.88 Å². The highest BCUT2D eigenvalue weighted by atomic mass is 16.5. The van der Waals surface area contributed by atoms with Crippen molar-refractivity contribution in [1.82, 2.24) is 15.3 Å². The van der Waals surface area contributed by atoms with Gasteiger partial charge in [-0.25, -0.2) is 9.78 Å². The summed E-state index contributed by atoms with van der Waals surface area (Å²) in [7, 11) is 5.20. The normalized spacial score (nSPS) is 17.2. The number of ether oxygens (including phenoxy) is 1. The number of anilines is 2. The molecule has 2 amide bonds. The monoisotopic (exact) mass is 291 g/mol. The highest BCUT2D eigenvalue weighted by Gasteiger charge is 2.18. The average Bonchev–Trinajstić information content (AvgIpc) is 2.48. The number of carbonyl (C=O) groups excluding carboxylic acids is 1. The summed E-state index contributed by atoms with van der Waals surface area (Å²) >= 11 is 0. The Balaban J connectivity index is 2.10. The van der Waals surface area contributed by atoms with Gasteiger partial charge in [0, 0.05) is 20.1 Å². The summed E-state index contributed by atoms with van der Waals surface area (Å²) in [6.45, 7) is 0. The number of allylic oxidation sites excluding steroid dienone is 1. The fraction of sp³-hybridized carbons (Fsp3) is 0.500. The topological polar surface area (TPSA) is 79.4 Å². The standard InChI is InChI=1S/C14H21N5O2/c1-19(2)12-11(13(21-3)16-9-15-12)18-14(20)17-10-7-5-4-6-8-10/h4-5,9-10H,6-8H2,1-3H3,(H2,17,18,20). The molecule has 0 aromatic carbocycles. The van der Waals surface area contributed by atoms with Gasteiger partial charge < -0.3 is 20.3 Å². The first-order valence-corrected chi connectivity index (χ1v) is 6.90. The van der Waals surface area contributed by atoms with E-state index in [-0.39, 0.29) is 12.1 Å². The van der Waals surface area contributed by atoms with Gasteiger partial charge in [-0.1, -0.05) is 12.2 Å². The SMILES string of the molecule is COc1ncnc(N(C)C)c1NC(=O)NC1CC=CCC1. The predicted molar refractivity (Wildman–Crippen MR) is 81.8 cm³/mol. The first-order valence-electron chi connectivity index (χ1n) is 6.90. The van der Waals surface area contributed by atoms with Crippen molar-refractivity contribution in [2.45, 2.75) is 25.3 Å². The zero-order valence-corrected chi connectivity index (χ0v) is 12.6. The molecular formula is C14H21N5O2. The van der Waals surface area contributed by atoms with Crippen LogP contribution in [-0.2, 0) is 0 Å². The van der Waals surface area contributed by atoms with E-state index in [0.717, 1.165) is 19.3 Å². The number of aromatic nitrogens is 2. The number of carbonyl (C=O) groups is 1. The van der Waals surface area contributed by atoms with Gasteiger partial charge in [0.25, 0.3) is 0 Å². The minimum Gasteiger partial charge on any atom is -0.479 e. The van der Waals surface area contributed by atoms with Crippen molar-refractivity contribution in [2.75, 3.05) is 31.4 Å². The van der Waals surface area contributed by atoms with Gasteiger partial charge in [-0.2, -0.15) is 4.98 Å². The lowest BCUT2D eigenvalue weighted by atomic mass is 10.0. The second-order valence-electron chi connectivity index (χ2n) is 5.06. The third-order valence-electron chi connectivity index (χ3n) is 3.25. The van der Waals surface area contributed by atoms with Crippen LogP contribution < -0.4 is 20.3 Å². The molecule has 21 heavy (non-hydrogen) atoms. The van der Waals surface area contributed by atoms with Crippen LogP contribution in [-0.4, -0.2) is 43.2 Å². The van der Waals surface area contributed by atoms with E-state index in [4.69, 9.17) is 4.74 Å². The lowest BCUT2D eigenvalue weighted by Crippen LogP contribution is -2.38. The van der Waals surface area contributed by atoms with E-state index < -0.39 is 0 Å². The summed E-state index contributed by atoms with van der Waals surface area (Å²) in [4.78, 5) is 22.1. The smallest absolute Gasteiger partial charge is 0.319 e. The third kappa shape index (κ3) is 3.84. The van der Waals surface area contributed by atoms with Crippen LogP contribution in [0.25, 0.3) is 0 Å². The third-order valence-corrected chi connectivity index (χ3v) is 3.25. The molecule has 0 aliphatic heterocycles. The average molecular weight is 291 g/mol. The summed E-state index contributed by atoms with van der Waals surface area (Å²) in [6, 6.07) is -0.111. The quantitative estimate of drug-likeness (QED) is 0.827. The summed E-state index contributed by atoms with van der Waals surface area (Å²) in [6.07, 6.45) is 8.43. The van der Waals surface area contributed by atoms with E-state index in [1.807, 2.05) is 14.1 Å². The zero-order chi connectivity index (χ0) is 15.2. The molecule has 7 nitrogen and oxygen atoms in total. The number of hydrogen-bond acceptors (Lipinski definition) is 5. The Bertz CT molecular complexity index is 530.